The van der Waals surface area contributed by atoms with Crippen LogP contribution in [0.3, 0.4) is 0 Å². The number of carbonyl (C=O) groups excluding carboxylic acids is 2. The molecule has 0 radical (unpaired) electrons. The molecule has 8 heteroatoms. The van der Waals surface area contributed by atoms with E-state index in [0.29, 0.717) is 24.1 Å². The van der Waals surface area contributed by atoms with E-state index in [-0.39, 0.29) is 18.2 Å². The Labute approximate surface area is 164 Å². The van der Waals surface area contributed by atoms with Gasteiger partial charge in [0.15, 0.2) is 0 Å². The molecule has 0 aromatic carbocycles. The second kappa shape index (κ2) is 8.50. The van der Waals surface area contributed by atoms with E-state index in [9.17, 15) is 9.59 Å². The number of piperidine rings is 1. The van der Waals surface area contributed by atoms with E-state index < -0.39 is 0 Å². The number of pyridine rings is 1. The van der Waals surface area contributed by atoms with Gasteiger partial charge < -0.3 is 9.80 Å². The Kier molecular flexibility index (Phi) is 5.64. The molecule has 28 heavy (non-hydrogen) atoms. The number of amides is 2. The van der Waals surface area contributed by atoms with Crippen LogP contribution in [-0.4, -0.2) is 68.0 Å². The Balaban J connectivity index is 1.30. The highest BCUT2D eigenvalue weighted by Gasteiger charge is 2.35. The van der Waals surface area contributed by atoms with Crippen LogP contribution in [0.5, 0.6) is 0 Å². The van der Waals surface area contributed by atoms with Crippen LogP contribution in [0, 0.1) is 11.8 Å². The molecule has 2 unspecified atom stereocenters. The van der Waals surface area contributed by atoms with Gasteiger partial charge in [0.05, 0.1) is 12.8 Å². The van der Waals surface area contributed by atoms with Crippen LogP contribution in [0.25, 0.3) is 0 Å². The van der Waals surface area contributed by atoms with Crippen molar-refractivity contribution in [2.75, 3.05) is 26.2 Å². The van der Waals surface area contributed by atoms with E-state index in [1.54, 1.807) is 12.4 Å². The normalized spacial score (nSPS) is 22.4. The topological polar surface area (TPSA) is 95.1 Å². The lowest BCUT2D eigenvalue weighted by Crippen LogP contribution is -2.43. The molecule has 4 heterocycles. The zero-order chi connectivity index (χ0) is 19.3. The van der Waals surface area contributed by atoms with Crippen molar-refractivity contribution in [2.45, 2.75) is 32.1 Å². The summed E-state index contributed by atoms with van der Waals surface area (Å²) in [5, 5.41) is 6.54. The molecule has 2 aromatic rings. The van der Waals surface area contributed by atoms with E-state index in [0.717, 1.165) is 51.0 Å². The summed E-state index contributed by atoms with van der Waals surface area (Å²) in [6, 6.07) is 3.81. The first-order chi connectivity index (χ1) is 13.7. The lowest BCUT2D eigenvalue weighted by Gasteiger charge is -2.36. The van der Waals surface area contributed by atoms with Crippen molar-refractivity contribution < 1.29 is 9.59 Å². The van der Waals surface area contributed by atoms with Gasteiger partial charge in [-0.1, -0.05) is 6.07 Å². The number of likely N-dealkylation sites (tertiary alicyclic amines) is 2. The molecule has 2 atom stereocenters. The van der Waals surface area contributed by atoms with Crippen LogP contribution >= 0.6 is 0 Å². The largest absolute Gasteiger partial charge is 0.342 e. The molecule has 2 amide bonds. The van der Waals surface area contributed by atoms with Gasteiger partial charge in [0, 0.05) is 38.6 Å². The highest BCUT2D eigenvalue weighted by Crippen LogP contribution is 2.31. The fraction of sp³-hybridized carbons (Fsp3) is 0.550. The van der Waals surface area contributed by atoms with Gasteiger partial charge in [0.1, 0.15) is 12.2 Å². The summed E-state index contributed by atoms with van der Waals surface area (Å²) < 4.78 is 0. The predicted molar refractivity (Wildman–Crippen MR) is 102 cm³/mol. The highest BCUT2D eigenvalue weighted by atomic mass is 16.2. The molecule has 0 spiro atoms. The standard InChI is InChI=1S/C20H26N6O2/c27-19(9-15-3-1-6-21-11-15)25-7-2-4-16(12-25)17-5-8-26(13-17)20(28)10-18-22-14-23-24-18/h1,3,6,11,14,16-17H,2,4-5,7-10,12-13H2,(H,22,23,24). The summed E-state index contributed by atoms with van der Waals surface area (Å²) in [5.41, 5.74) is 0.958. The molecule has 2 aliphatic heterocycles. The molecule has 2 aliphatic rings. The minimum atomic E-state index is 0.0968. The van der Waals surface area contributed by atoms with Gasteiger partial charge >= 0.3 is 0 Å². The summed E-state index contributed by atoms with van der Waals surface area (Å²) in [5.74, 6) is 1.81. The number of aromatic nitrogens is 4. The Morgan fingerprint density at radius 1 is 1.07 bits per heavy atom. The summed E-state index contributed by atoms with van der Waals surface area (Å²) in [6.07, 6.45) is 8.76. The van der Waals surface area contributed by atoms with Gasteiger partial charge in [-0.3, -0.25) is 19.7 Å². The molecule has 0 saturated carbocycles. The third-order valence-corrected chi connectivity index (χ3v) is 5.92. The number of nitrogens with zero attached hydrogens (tertiary/aromatic N) is 5. The lowest BCUT2D eigenvalue weighted by atomic mass is 9.84. The third-order valence-electron chi connectivity index (χ3n) is 5.92. The van der Waals surface area contributed by atoms with Crippen molar-refractivity contribution >= 4 is 11.8 Å². The fourth-order valence-corrected chi connectivity index (χ4v) is 4.38. The highest BCUT2D eigenvalue weighted by molar-refractivity contribution is 5.79. The maximum Gasteiger partial charge on any atom is 0.230 e. The summed E-state index contributed by atoms with van der Waals surface area (Å²) in [4.78, 5) is 37.2. The van der Waals surface area contributed by atoms with Gasteiger partial charge in [0.2, 0.25) is 11.8 Å². The van der Waals surface area contributed by atoms with E-state index in [1.165, 1.54) is 6.33 Å². The van der Waals surface area contributed by atoms with Crippen LogP contribution in [0.4, 0.5) is 0 Å². The van der Waals surface area contributed by atoms with Crippen LogP contribution in [-0.2, 0) is 22.4 Å². The Hall–Kier alpha value is -2.77. The van der Waals surface area contributed by atoms with E-state index in [4.69, 9.17) is 0 Å². The summed E-state index contributed by atoms with van der Waals surface area (Å²) >= 11 is 0. The molecule has 0 aliphatic carbocycles. The van der Waals surface area contributed by atoms with Crippen molar-refractivity contribution in [2.24, 2.45) is 11.8 Å². The molecule has 8 nitrogen and oxygen atoms in total. The molecular weight excluding hydrogens is 356 g/mol. The average Bonchev–Trinajstić information content (AvgIpc) is 3.41. The lowest BCUT2D eigenvalue weighted by molar-refractivity contribution is -0.133. The van der Waals surface area contributed by atoms with Crippen molar-refractivity contribution in [1.29, 1.82) is 0 Å². The van der Waals surface area contributed by atoms with Crippen LogP contribution in [0.1, 0.15) is 30.7 Å². The number of hydrogen-bond acceptors (Lipinski definition) is 5. The molecule has 0 bridgehead atoms. The maximum atomic E-state index is 12.7. The fourth-order valence-electron chi connectivity index (χ4n) is 4.38. The van der Waals surface area contributed by atoms with Crippen molar-refractivity contribution in [3.63, 3.8) is 0 Å². The first-order valence-corrected chi connectivity index (χ1v) is 9.97. The Morgan fingerprint density at radius 2 is 1.86 bits per heavy atom. The molecule has 2 fully saturated rings. The second-order valence-electron chi connectivity index (χ2n) is 7.78. The van der Waals surface area contributed by atoms with Crippen LogP contribution < -0.4 is 0 Å². The predicted octanol–water partition coefficient (Wildman–Crippen LogP) is 1.07. The first-order valence-electron chi connectivity index (χ1n) is 9.97. The van der Waals surface area contributed by atoms with E-state index in [1.807, 2.05) is 21.9 Å². The van der Waals surface area contributed by atoms with Crippen LogP contribution in [0.2, 0.25) is 0 Å². The van der Waals surface area contributed by atoms with Gasteiger partial charge in [-0.05, 0) is 42.7 Å². The first kappa shape index (κ1) is 18.6. The molecular formula is C20H26N6O2. The smallest absolute Gasteiger partial charge is 0.230 e. The molecule has 2 saturated heterocycles. The van der Waals surface area contributed by atoms with E-state index >= 15 is 0 Å². The zero-order valence-corrected chi connectivity index (χ0v) is 16.0. The van der Waals surface area contributed by atoms with Crippen molar-refractivity contribution in [3.8, 4) is 0 Å². The number of carbonyl (C=O) groups is 2. The minimum Gasteiger partial charge on any atom is -0.342 e. The number of nitrogens with one attached hydrogen (secondary N) is 1. The Morgan fingerprint density at radius 3 is 2.61 bits per heavy atom. The molecule has 4 rings (SSSR count). The van der Waals surface area contributed by atoms with Gasteiger partial charge in [-0.15, -0.1) is 0 Å². The monoisotopic (exact) mass is 382 g/mol. The quantitative estimate of drug-likeness (QED) is 0.835. The van der Waals surface area contributed by atoms with Crippen LogP contribution in [0.15, 0.2) is 30.9 Å². The van der Waals surface area contributed by atoms with Gasteiger partial charge in [0.25, 0.3) is 0 Å². The average molecular weight is 382 g/mol. The molecule has 148 valence electrons. The minimum absolute atomic E-state index is 0.0968. The van der Waals surface area contributed by atoms with Crippen molar-refractivity contribution in [3.05, 3.63) is 42.2 Å². The van der Waals surface area contributed by atoms with Gasteiger partial charge in [-0.2, -0.15) is 5.10 Å². The number of aromatic amines is 1. The Bertz CT molecular complexity index is 794. The number of hydrogen-bond donors (Lipinski definition) is 1. The summed E-state index contributed by atoms with van der Waals surface area (Å²) in [6.45, 7) is 3.20. The summed E-state index contributed by atoms with van der Waals surface area (Å²) in [7, 11) is 0. The van der Waals surface area contributed by atoms with Crippen molar-refractivity contribution in [1.82, 2.24) is 30.0 Å². The molecule has 2 aromatic heterocycles. The third kappa shape index (κ3) is 4.37. The second-order valence-corrected chi connectivity index (χ2v) is 7.78. The van der Waals surface area contributed by atoms with E-state index in [2.05, 4.69) is 20.2 Å². The number of rotatable bonds is 5. The SMILES string of the molecule is O=C(Cc1cccnc1)N1CCCC(C2CCN(C(=O)Cc3ncn[nH]3)C2)C1. The zero-order valence-electron chi connectivity index (χ0n) is 16.0. The van der Waals surface area contributed by atoms with Gasteiger partial charge in [-0.25, -0.2) is 4.98 Å². The number of H-pyrrole nitrogens is 1. The molecule has 1 N–H and O–H groups in total. The maximum absolute atomic E-state index is 12.7.